The van der Waals surface area contributed by atoms with Crippen LogP contribution in [0.2, 0.25) is 0 Å². The molecule has 3 aromatic carbocycles. The molecule has 3 aromatic rings. The molecule has 2 saturated carbocycles. The van der Waals surface area contributed by atoms with Gasteiger partial charge in [-0.15, -0.1) is 0 Å². The fraction of sp³-hybridized carbons (Fsp3) is 0.438. The third kappa shape index (κ3) is 6.84. The summed E-state index contributed by atoms with van der Waals surface area (Å²) in [5.74, 6) is -4.65. The highest BCUT2D eigenvalue weighted by Crippen LogP contribution is 2.72. The number of fused-ring (bicyclic) bond motifs is 4. The van der Waals surface area contributed by atoms with Crippen molar-refractivity contribution in [1.29, 1.82) is 0 Å². The van der Waals surface area contributed by atoms with Crippen LogP contribution in [0.25, 0.3) is 0 Å². The van der Waals surface area contributed by atoms with Gasteiger partial charge in [0.1, 0.15) is 30.0 Å². The molecular weight excluding hydrogens is 799 g/mol. The van der Waals surface area contributed by atoms with Crippen molar-refractivity contribution in [2.45, 2.75) is 101 Å². The zero-order valence-corrected chi connectivity index (χ0v) is 35.4. The quantitative estimate of drug-likeness (QED) is 0.136. The Balaban J connectivity index is 1.26. The molecule has 62 heavy (non-hydrogen) atoms. The highest BCUT2D eigenvalue weighted by molar-refractivity contribution is 5.95. The van der Waals surface area contributed by atoms with Crippen molar-refractivity contribution >= 4 is 29.8 Å². The predicted molar refractivity (Wildman–Crippen MR) is 220 cm³/mol. The monoisotopic (exact) mass is 849 g/mol. The molecule has 3 fully saturated rings. The molecule has 4 aliphatic carbocycles. The Kier molecular flexibility index (Phi) is 11.0. The Morgan fingerprint density at radius 1 is 0.839 bits per heavy atom. The second-order valence-corrected chi connectivity index (χ2v) is 17.5. The summed E-state index contributed by atoms with van der Waals surface area (Å²) < 4.78 is 37.1. The highest BCUT2D eigenvalue weighted by atomic mass is 16.6. The molecule has 3 N–H and O–H groups in total. The van der Waals surface area contributed by atoms with E-state index in [-0.39, 0.29) is 25.0 Å². The topological polar surface area (TPSA) is 193 Å². The molecular formula is C48H51NO13. The number of carbonyl (C=O) groups is 5. The van der Waals surface area contributed by atoms with Crippen LogP contribution in [0, 0.1) is 16.7 Å². The second kappa shape index (κ2) is 15.9. The SMILES string of the molecule is COC(C(=O)OC1C[C@@]2(O)C(OC(=O)c3ccccc3)C3[C@@]4(C=C4[C@H](OC(C)=O)C(=C1C)C2(C)C)[C@@H](O)C[C@H]1OC[C@@]31OC(C)=O)C(NC(=O)c1ccccc1)c1ccccc1. The zero-order chi connectivity index (χ0) is 44.4. The lowest BCUT2D eigenvalue weighted by atomic mass is 9.48. The molecule has 0 aromatic heterocycles. The molecule has 14 heteroatoms. The van der Waals surface area contributed by atoms with Gasteiger partial charge in [0.05, 0.1) is 35.6 Å². The molecule has 1 amide bonds. The Hall–Kier alpha value is -5.67. The maximum Gasteiger partial charge on any atom is 0.338 e. The highest BCUT2D eigenvalue weighted by Gasteiger charge is 2.81. The summed E-state index contributed by atoms with van der Waals surface area (Å²) in [5.41, 5.74) is -4.18. The zero-order valence-electron chi connectivity index (χ0n) is 35.4. The molecule has 1 spiro atoms. The van der Waals surface area contributed by atoms with Crippen LogP contribution in [-0.4, -0.2) is 102 Å². The Morgan fingerprint density at radius 3 is 2.02 bits per heavy atom. The van der Waals surface area contributed by atoms with Crippen molar-refractivity contribution in [1.82, 2.24) is 5.32 Å². The smallest absolute Gasteiger partial charge is 0.338 e. The fourth-order valence-corrected chi connectivity index (χ4v) is 10.7. The van der Waals surface area contributed by atoms with Crippen molar-refractivity contribution in [3.63, 3.8) is 0 Å². The number of carbonyl (C=O) groups excluding carboxylic acids is 5. The number of esters is 4. The standard InChI is InChI=1S/C48H51NO13/c1-26-33(60-44(55)39(57-6)37(29-16-10-7-11-17-29)49-42(53)30-18-12-8-13-19-30)24-48(56)41(61-43(54)31-20-14-9-15-21-31)40-46(34(52)22-35-47(40,25-58-35)62-28(3)51)23-32(46)38(59-27(2)50)36(26)45(48,4)5/h7-21,23,33-35,37-41,52,56H,22,24-25H2,1-6H3,(H,49,53)/t33?,34-,35+,37?,38-,39?,40?,41?,46+,47-,48+/m0/s1. The second-order valence-electron chi connectivity index (χ2n) is 17.5. The first-order valence-electron chi connectivity index (χ1n) is 20.7. The summed E-state index contributed by atoms with van der Waals surface area (Å²) >= 11 is 0. The minimum absolute atomic E-state index is 0.0256. The van der Waals surface area contributed by atoms with Crippen molar-refractivity contribution in [3.05, 3.63) is 130 Å². The van der Waals surface area contributed by atoms with Gasteiger partial charge >= 0.3 is 23.9 Å². The van der Waals surface area contributed by atoms with E-state index < -0.39 is 100 Å². The lowest BCUT2D eigenvalue weighted by Crippen LogP contribution is -2.79. The van der Waals surface area contributed by atoms with Crippen LogP contribution < -0.4 is 5.32 Å². The van der Waals surface area contributed by atoms with E-state index in [1.165, 1.54) is 21.0 Å². The molecule has 2 bridgehead atoms. The minimum Gasteiger partial charge on any atom is -0.456 e. The Morgan fingerprint density at radius 2 is 1.45 bits per heavy atom. The summed E-state index contributed by atoms with van der Waals surface area (Å²) in [7, 11) is 1.32. The van der Waals surface area contributed by atoms with Crippen LogP contribution in [0.15, 0.2) is 114 Å². The van der Waals surface area contributed by atoms with Gasteiger partial charge in [0.25, 0.3) is 5.91 Å². The van der Waals surface area contributed by atoms with Gasteiger partial charge in [0.2, 0.25) is 0 Å². The van der Waals surface area contributed by atoms with Crippen molar-refractivity contribution < 1.29 is 62.6 Å². The van der Waals surface area contributed by atoms with E-state index in [1.807, 2.05) is 0 Å². The number of ether oxygens (including phenoxy) is 6. The number of benzene rings is 3. The molecule has 326 valence electrons. The minimum atomic E-state index is -2.19. The van der Waals surface area contributed by atoms with E-state index in [0.717, 1.165) is 0 Å². The lowest BCUT2D eigenvalue weighted by Gasteiger charge is -2.65. The third-order valence-electron chi connectivity index (χ3n) is 13.8. The first kappa shape index (κ1) is 43.0. The van der Waals surface area contributed by atoms with Gasteiger partial charge in [0.15, 0.2) is 11.7 Å². The third-order valence-corrected chi connectivity index (χ3v) is 13.8. The largest absolute Gasteiger partial charge is 0.456 e. The van der Waals surface area contributed by atoms with Gasteiger partial charge in [-0.3, -0.25) is 14.4 Å². The van der Waals surface area contributed by atoms with E-state index >= 15 is 0 Å². The molecule has 0 radical (unpaired) electrons. The summed E-state index contributed by atoms with van der Waals surface area (Å²) in [4.78, 5) is 68.7. The van der Waals surface area contributed by atoms with Crippen LogP contribution >= 0.6 is 0 Å². The fourth-order valence-electron chi connectivity index (χ4n) is 10.7. The lowest BCUT2D eigenvalue weighted by molar-refractivity contribution is -0.337. The van der Waals surface area contributed by atoms with Gasteiger partial charge < -0.3 is 44.0 Å². The molecule has 11 atom stereocenters. The van der Waals surface area contributed by atoms with Crippen LogP contribution in [0.4, 0.5) is 0 Å². The van der Waals surface area contributed by atoms with Gasteiger partial charge in [-0.1, -0.05) is 86.7 Å². The Bertz CT molecular complexity index is 2330. The molecule has 1 heterocycles. The first-order chi connectivity index (χ1) is 29.5. The van der Waals surface area contributed by atoms with E-state index in [2.05, 4.69) is 5.32 Å². The van der Waals surface area contributed by atoms with Crippen molar-refractivity contribution in [2.75, 3.05) is 13.7 Å². The number of aliphatic hydroxyl groups excluding tert-OH is 1. The van der Waals surface area contributed by atoms with E-state index in [4.69, 9.17) is 28.4 Å². The maximum absolute atomic E-state index is 14.7. The number of nitrogens with one attached hydrogen (secondary N) is 1. The summed E-state index contributed by atoms with van der Waals surface area (Å²) in [6.07, 6.45) is -6.07. The molecule has 5 aliphatic rings. The number of aliphatic hydroxyl groups is 2. The van der Waals surface area contributed by atoms with Crippen molar-refractivity contribution in [3.8, 4) is 0 Å². The average molecular weight is 850 g/mol. The summed E-state index contributed by atoms with van der Waals surface area (Å²) in [6, 6.07) is 24.4. The molecule has 1 saturated heterocycles. The number of rotatable bonds is 11. The normalized spacial score (nSPS) is 32.2. The van der Waals surface area contributed by atoms with E-state index in [9.17, 15) is 34.2 Å². The van der Waals surface area contributed by atoms with Crippen LogP contribution in [-0.2, 0) is 42.8 Å². The van der Waals surface area contributed by atoms with Crippen LogP contribution in [0.3, 0.4) is 0 Å². The van der Waals surface area contributed by atoms with Gasteiger partial charge in [-0.2, -0.15) is 0 Å². The molecule has 14 nitrogen and oxygen atoms in total. The van der Waals surface area contributed by atoms with Gasteiger partial charge in [-0.05, 0) is 53.5 Å². The number of hydrogen-bond donors (Lipinski definition) is 3. The van der Waals surface area contributed by atoms with E-state index in [1.54, 1.807) is 118 Å². The number of amides is 1. The molecule has 1 aliphatic heterocycles. The van der Waals surface area contributed by atoms with Crippen molar-refractivity contribution in [2.24, 2.45) is 16.7 Å². The average Bonchev–Trinajstić information content (AvgIpc) is 3.98. The summed E-state index contributed by atoms with van der Waals surface area (Å²) in [5, 5.41) is 28.9. The number of methoxy groups -OCH3 is 1. The molecule has 5 unspecified atom stereocenters. The first-order valence-corrected chi connectivity index (χ1v) is 20.7. The van der Waals surface area contributed by atoms with Crippen LogP contribution in [0.5, 0.6) is 0 Å². The Labute approximate surface area is 359 Å². The number of hydrogen-bond acceptors (Lipinski definition) is 13. The maximum atomic E-state index is 14.7. The molecule has 8 rings (SSSR count). The van der Waals surface area contributed by atoms with Gasteiger partial charge in [0, 0.05) is 44.8 Å². The van der Waals surface area contributed by atoms with E-state index in [0.29, 0.717) is 27.8 Å². The van der Waals surface area contributed by atoms with Crippen LogP contribution in [0.1, 0.15) is 79.8 Å². The predicted octanol–water partition coefficient (Wildman–Crippen LogP) is 4.74. The van der Waals surface area contributed by atoms with Gasteiger partial charge in [-0.25, -0.2) is 9.59 Å². The summed E-state index contributed by atoms with van der Waals surface area (Å²) in [6.45, 7) is 7.52.